The molecule has 0 N–H and O–H groups in total. The molecule has 0 fully saturated rings. The molecule has 0 unspecified atom stereocenters. The lowest BCUT2D eigenvalue weighted by molar-refractivity contribution is 1.06. The summed E-state index contributed by atoms with van der Waals surface area (Å²) >= 11 is 1.75. The SMILES string of the molecule is O=c1c2ccccc2n2c3c4c(ccc3c(=O)c3cccc1c32)Sc1ccccc1C4. The molecule has 2 aromatic heterocycles. The van der Waals surface area contributed by atoms with Gasteiger partial charge in [0, 0.05) is 37.8 Å². The van der Waals surface area contributed by atoms with Crippen molar-refractivity contribution in [3.05, 3.63) is 110 Å². The predicted octanol–water partition coefficient (Wildman–Crippen LogP) is 5.61. The maximum atomic E-state index is 13.6. The van der Waals surface area contributed by atoms with E-state index in [0.29, 0.717) is 21.5 Å². The number of pyridine rings is 2. The molecule has 4 heteroatoms. The molecule has 0 amide bonds. The third-order valence-electron chi connectivity index (χ3n) is 6.41. The maximum Gasteiger partial charge on any atom is 0.197 e. The second kappa shape index (κ2) is 5.96. The summed E-state index contributed by atoms with van der Waals surface area (Å²) in [5, 5.41) is 2.56. The molecule has 0 radical (unpaired) electrons. The van der Waals surface area contributed by atoms with E-state index < -0.39 is 0 Å². The summed E-state index contributed by atoms with van der Waals surface area (Å²) in [6.07, 6.45) is 0.763. The van der Waals surface area contributed by atoms with E-state index in [0.717, 1.165) is 28.5 Å². The minimum atomic E-state index is -0.0236. The maximum absolute atomic E-state index is 13.6. The van der Waals surface area contributed by atoms with Gasteiger partial charge in [0.1, 0.15) is 0 Å². The van der Waals surface area contributed by atoms with Crippen molar-refractivity contribution < 1.29 is 0 Å². The van der Waals surface area contributed by atoms with E-state index in [1.807, 2.05) is 48.5 Å². The molecule has 6 aromatic rings. The van der Waals surface area contributed by atoms with Gasteiger partial charge in [-0.2, -0.15) is 0 Å². The zero-order valence-corrected chi connectivity index (χ0v) is 17.2. The van der Waals surface area contributed by atoms with Crippen LogP contribution in [0, 0.1) is 0 Å². The first-order valence-electron chi connectivity index (χ1n) is 10.3. The normalized spacial score (nSPS) is 13.2. The molecule has 0 saturated heterocycles. The minimum absolute atomic E-state index is 0.0121. The smallest absolute Gasteiger partial charge is 0.197 e. The van der Waals surface area contributed by atoms with Crippen LogP contribution in [0.4, 0.5) is 0 Å². The summed E-state index contributed by atoms with van der Waals surface area (Å²) in [5.41, 5.74) is 4.87. The van der Waals surface area contributed by atoms with Crippen LogP contribution in [0.1, 0.15) is 11.1 Å². The van der Waals surface area contributed by atoms with Crippen LogP contribution in [0.15, 0.2) is 98.2 Å². The lowest BCUT2D eigenvalue weighted by Gasteiger charge is -2.23. The summed E-state index contributed by atoms with van der Waals surface area (Å²) in [6, 6.07) is 25.6. The number of hydrogen-bond acceptors (Lipinski definition) is 3. The second-order valence-electron chi connectivity index (χ2n) is 8.04. The van der Waals surface area contributed by atoms with E-state index in [4.69, 9.17) is 0 Å². The molecular formula is C27H15NO2S. The first-order valence-corrected chi connectivity index (χ1v) is 11.1. The molecule has 0 aliphatic carbocycles. The van der Waals surface area contributed by atoms with Crippen LogP contribution in [-0.4, -0.2) is 4.40 Å². The molecule has 146 valence electrons. The first-order chi connectivity index (χ1) is 15.2. The van der Waals surface area contributed by atoms with Crippen LogP contribution in [0.2, 0.25) is 0 Å². The highest BCUT2D eigenvalue weighted by molar-refractivity contribution is 7.99. The van der Waals surface area contributed by atoms with Crippen molar-refractivity contribution in [3.63, 3.8) is 0 Å². The number of para-hydroxylation sites is 2. The predicted molar refractivity (Wildman–Crippen MR) is 127 cm³/mol. The van der Waals surface area contributed by atoms with Gasteiger partial charge in [0.2, 0.25) is 0 Å². The average Bonchev–Trinajstić information content (AvgIpc) is 2.82. The van der Waals surface area contributed by atoms with E-state index in [2.05, 4.69) is 34.7 Å². The van der Waals surface area contributed by atoms with Gasteiger partial charge < -0.3 is 4.40 Å². The number of fused-ring (bicyclic) bond motifs is 7. The number of hydrogen-bond donors (Lipinski definition) is 0. The van der Waals surface area contributed by atoms with Crippen LogP contribution in [0.3, 0.4) is 0 Å². The summed E-state index contributed by atoms with van der Waals surface area (Å²) in [6.45, 7) is 0. The zero-order valence-electron chi connectivity index (χ0n) is 16.4. The first kappa shape index (κ1) is 17.1. The topological polar surface area (TPSA) is 38.5 Å². The number of benzene rings is 4. The van der Waals surface area contributed by atoms with E-state index in [9.17, 15) is 9.59 Å². The van der Waals surface area contributed by atoms with Crippen LogP contribution < -0.4 is 10.9 Å². The molecule has 3 nitrogen and oxygen atoms in total. The van der Waals surface area contributed by atoms with E-state index in [-0.39, 0.29) is 10.9 Å². The fourth-order valence-electron chi connectivity index (χ4n) is 5.04. The number of nitrogens with zero attached hydrogens (tertiary/aromatic N) is 1. The number of aromatic nitrogens is 1. The van der Waals surface area contributed by atoms with Gasteiger partial charge in [-0.25, -0.2) is 0 Å². The Balaban J connectivity index is 1.80. The van der Waals surface area contributed by atoms with Crippen molar-refractivity contribution in [2.75, 3.05) is 0 Å². The van der Waals surface area contributed by atoms with Crippen molar-refractivity contribution in [2.24, 2.45) is 0 Å². The van der Waals surface area contributed by atoms with E-state index in [1.54, 1.807) is 11.8 Å². The Bertz CT molecular complexity index is 1820. The van der Waals surface area contributed by atoms with Gasteiger partial charge in [-0.05, 0) is 53.6 Å². The summed E-state index contributed by atoms with van der Waals surface area (Å²) in [5.74, 6) is 0. The summed E-state index contributed by atoms with van der Waals surface area (Å²) in [4.78, 5) is 29.2. The molecule has 0 bridgehead atoms. The Morgan fingerprint density at radius 2 is 1.29 bits per heavy atom. The molecule has 1 aliphatic heterocycles. The molecule has 3 heterocycles. The van der Waals surface area contributed by atoms with Gasteiger partial charge in [-0.3, -0.25) is 9.59 Å². The van der Waals surface area contributed by atoms with Crippen LogP contribution in [-0.2, 0) is 6.42 Å². The summed E-state index contributed by atoms with van der Waals surface area (Å²) in [7, 11) is 0. The van der Waals surface area contributed by atoms with Gasteiger partial charge in [-0.1, -0.05) is 48.2 Å². The Morgan fingerprint density at radius 3 is 2.16 bits per heavy atom. The third kappa shape index (κ3) is 2.15. The fraction of sp³-hybridized carbons (Fsp3) is 0.0370. The molecule has 7 rings (SSSR count). The van der Waals surface area contributed by atoms with Gasteiger partial charge >= 0.3 is 0 Å². The standard InChI is InChI=1S/C27H15NO2S/c29-26-16-7-2-3-10-21(16)28-24-17(26)8-5-9-18(24)27(30)19-12-13-23-20(25(19)28)14-15-6-1-4-11-22(15)31-23/h1-13H,14H2. The monoisotopic (exact) mass is 417 g/mol. The van der Waals surface area contributed by atoms with E-state index >= 15 is 0 Å². The number of rotatable bonds is 0. The molecule has 0 atom stereocenters. The van der Waals surface area contributed by atoms with Crippen LogP contribution >= 0.6 is 11.8 Å². The highest BCUT2D eigenvalue weighted by atomic mass is 32.2. The van der Waals surface area contributed by atoms with Gasteiger partial charge in [0.25, 0.3) is 0 Å². The molecule has 1 aliphatic rings. The largest absolute Gasteiger partial charge is 0.307 e. The lowest BCUT2D eigenvalue weighted by Crippen LogP contribution is -2.16. The van der Waals surface area contributed by atoms with Gasteiger partial charge in [0.05, 0.1) is 16.6 Å². The summed E-state index contributed by atoms with van der Waals surface area (Å²) < 4.78 is 2.16. The van der Waals surface area contributed by atoms with Gasteiger partial charge in [-0.15, -0.1) is 0 Å². The zero-order chi connectivity index (χ0) is 20.7. The lowest BCUT2D eigenvalue weighted by atomic mass is 9.97. The molecule has 31 heavy (non-hydrogen) atoms. The van der Waals surface area contributed by atoms with Crippen molar-refractivity contribution >= 4 is 49.9 Å². The Labute approximate surface area is 180 Å². The molecule has 0 saturated carbocycles. The van der Waals surface area contributed by atoms with Gasteiger partial charge in [0.15, 0.2) is 10.9 Å². The highest BCUT2D eigenvalue weighted by Crippen LogP contribution is 2.42. The molecular weight excluding hydrogens is 402 g/mol. The second-order valence-corrected chi connectivity index (χ2v) is 9.12. The Kier molecular flexibility index (Phi) is 3.29. The van der Waals surface area contributed by atoms with Crippen molar-refractivity contribution in [1.82, 2.24) is 4.40 Å². The Morgan fingerprint density at radius 1 is 0.613 bits per heavy atom. The average molecular weight is 417 g/mol. The minimum Gasteiger partial charge on any atom is -0.307 e. The van der Waals surface area contributed by atoms with Crippen molar-refractivity contribution in [2.45, 2.75) is 16.2 Å². The fourth-order valence-corrected chi connectivity index (χ4v) is 6.12. The van der Waals surface area contributed by atoms with Crippen LogP contribution in [0.5, 0.6) is 0 Å². The van der Waals surface area contributed by atoms with E-state index in [1.165, 1.54) is 15.4 Å². The molecule has 4 aromatic carbocycles. The highest BCUT2D eigenvalue weighted by Gasteiger charge is 2.23. The Hall–Kier alpha value is -3.63. The van der Waals surface area contributed by atoms with Crippen molar-refractivity contribution in [1.29, 1.82) is 0 Å². The third-order valence-corrected chi connectivity index (χ3v) is 7.63. The quantitative estimate of drug-likeness (QED) is 0.238. The van der Waals surface area contributed by atoms with Crippen LogP contribution in [0.25, 0.3) is 38.1 Å². The van der Waals surface area contributed by atoms with Crippen molar-refractivity contribution in [3.8, 4) is 0 Å². The molecule has 0 spiro atoms.